The second-order valence-corrected chi connectivity index (χ2v) is 6.72. The van der Waals surface area contributed by atoms with E-state index in [0.717, 1.165) is 5.56 Å². The fraction of sp³-hybridized carbons (Fsp3) is 0.125. The zero-order chi connectivity index (χ0) is 17.9. The maximum absolute atomic E-state index is 11.6. The van der Waals surface area contributed by atoms with Crippen LogP contribution >= 0.6 is 46.4 Å². The van der Waals surface area contributed by atoms with Crippen LogP contribution in [0.2, 0.25) is 10.0 Å². The SMILES string of the molecule is CC(=O)Nc1c(Cl)ccc(-c2cccc(NC(=O)C(Cl)Cl)c2)c1Cl. The Morgan fingerprint density at radius 1 is 1.04 bits per heavy atom. The van der Waals surface area contributed by atoms with Crippen molar-refractivity contribution in [2.24, 2.45) is 0 Å². The number of anilines is 2. The predicted molar refractivity (Wildman–Crippen MR) is 100 cm³/mol. The Morgan fingerprint density at radius 2 is 1.75 bits per heavy atom. The molecule has 2 N–H and O–H groups in total. The fourth-order valence-corrected chi connectivity index (χ4v) is 2.71. The van der Waals surface area contributed by atoms with E-state index in [1.807, 2.05) is 0 Å². The van der Waals surface area contributed by atoms with Crippen LogP contribution in [0.25, 0.3) is 11.1 Å². The third kappa shape index (κ3) is 4.54. The van der Waals surface area contributed by atoms with E-state index in [4.69, 9.17) is 46.4 Å². The monoisotopic (exact) mass is 404 g/mol. The Morgan fingerprint density at radius 3 is 2.38 bits per heavy atom. The number of carbonyl (C=O) groups excluding carboxylic acids is 2. The van der Waals surface area contributed by atoms with E-state index < -0.39 is 10.7 Å². The number of nitrogens with one attached hydrogen (secondary N) is 2. The van der Waals surface area contributed by atoms with Gasteiger partial charge in [-0.2, -0.15) is 0 Å². The quantitative estimate of drug-likeness (QED) is 0.672. The lowest BCUT2D eigenvalue weighted by molar-refractivity contribution is -0.115. The van der Waals surface area contributed by atoms with Gasteiger partial charge < -0.3 is 10.6 Å². The van der Waals surface area contributed by atoms with Crippen LogP contribution in [0.15, 0.2) is 36.4 Å². The van der Waals surface area contributed by atoms with Crippen molar-refractivity contribution in [3.05, 3.63) is 46.4 Å². The minimum atomic E-state index is -1.17. The van der Waals surface area contributed by atoms with Crippen molar-refractivity contribution in [3.8, 4) is 11.1 Å². The van der Waals surface area contributed by atoms with Gasteiger partial charge in [0.25, 0.3) is 5.91 Å². The van der Waals surface area contributed by atoms with Crippen molar-refractivity contribution < 1.29 is 9.59 Å². The molecule has 0 heterocycles. The van der Waals surface area contributed by atoms with E-state index >= 15 is 0 Å². The summed E-state index contributed by atoms with van der Waals surface area (Å²) in [5.41, 5.74) is 2.21. The Labute approximate surface area is 159 Å². The Kier molecular flexibility index (Phi) is 6.35. The normalized spacial score (nSPS) is 10.6. The average Bonchev–Trinajstić information content (AvgIpc) is 2.51. The molecule has 2 rings (SSSR count). The van der Waals surface area contributed by atoms with Gasteiger partial charge in [0.15, 0.2) is 4.84 Å². The molecule has 0 aliphatic heterocycles. The summed E-state index contributed by atoms with van der Waals surface area (Å²) in [7, 11) is 0. The van der Waals surface area contributed by atoms with Gasteiger partial charge in [0.05, 0.1) is 15.7 Å². The van der Waals surface area contributed by atoms with Crippen molar-refractivity contribution in [1.82, 2.24) is 0 Å². The first kappa shape index (κ1) is 18.9. The largest absolute Gasteiger partial charge is 0.324 e. The van der Waals surface area contributed by atoms with Gasteiger partial charge in [-0.15, -0.1) is 0 Å². The topological polar surface area (TPSA) is 58.2 Å². The Bertz CT molecular complexity index is 794. The summed E-state index contributed by atoms with van der Waals surface area (Å²) in [6, 6.07) is 10.3. The number of carbonyl (C=O) groups is 2. The smallest absolute Gasteiger partial charge is 0.257 e. The van der Waals surface area contributed by atoms with Gasteiger partial charge in [0.2, 0.25) is 5.91 Å². The van der Waals surface area contributed by atoms with Crippen LogP contribution in [0.5, 0.6) is 0 Å². The number of amides is 2. The number of rotatable bonds is 4. The summed E-state index contributed by atoms with van der Waals surface area (Å²) < 4.78 is 0. The van der Waals surface area contributed by atoms with Crippen LogP contribution in [0.4, 0.5) is 11.4 Å². The highest BCUT2D eigenvalue weighted by molar-refractivity contribution is 6.54. The molecular weight excluding hydrogens is 394 g/mol. The molecule has 126 valence electrons. The van der Waals surface area contributed by atoms with Crippen LogP contribution in [-0.2, 0) is 9.59 Å². The number of halogens is 4. The minimum Gasteiger partial charge on any atom is -0.324 e. The van der Waals surface area contributed by atoms with E-state index in [1.54, 1.807) is 36.4 Å². The lowest BCUT2D eigenvalue weighted by Crippen LogP contribution is -2.18. The first-order valence-corrected chi connectivity index (χ1v) is 8.37. The van der Waals surface area contributed by atoms with Gasteiger partial charge in [-0.05, 0) is 23.8 Å². The lowest BCUT2D eigenvalue weighted by Gasteiger charge is -2.13. The molecule has 2 amide bonds. The molecule has 0 atom stereocenters. The van der Waals surface area contributed by atoms with Crippen LogP contribution in [0, 0.1) is 0 Å². The molecule has 8 heteroatoms. The third-order valence-corrected chi connectivity index (χ3v) is 4.14. The molecule has 24 heavy (non-hydrogen) atoms. The number of benzene rings is 2. The summed E-state index contributed by atoms with van der Waals surface area (Å²) in [5, 5.41) is 5.82. The summed E-state index contributed by atoms with van der Waals surface area (Å²) in [5.74, 6) is -0.816. The Hall–Kier alpha value is -1.46. The lowest BCUT2D eigenvalue weighted by atomic mass is 10.0. The van der Waals surface area contributed by atoms with Crippen molar-refractivity contribution in [3.63, 3.8) is 0 Å². The van der Waals surface area contributed by atoms with Crippen LogP contribution < -0.4 is 10.6 Å². The maximum Gasteiger partial charge on any atom is 0.257 e. The third-order valence-electron chi connectivity index (χ3n) is 3.03. The van der Waals surface area contributed by atoms with Gasteiger partial charge >= 0.3 is 0 Å². The van der Waals surface area contributed by atoms with Crippen molar-refractivity contribution >= 4 is 69.6 Å². The van der Waals surface area contributed by atoms with E-state index in [0.29, 0.717) is 27.0 Å². The van der Waals surface area contributed by atoms with E-state index in [9.17, 15) is 9.59 Å². The molecule has 4 nitrogen and oxygen atoms in total. The molecular formula is C16H12Cl4N2O2. The highest BCUT2D eigenvalue weighted by Crippen LogP contribution is 2.39. The molecule has 0 radical (unpaired) electrons. The van der Waals surface area contributed by atoms with Crippen molar-refractivity contribution in [2.75, 3.05) is 10.6 Å². The highest BCUT2D eigenvalue weighted by atomic mass is 35.5. The molecule has 0 bridgehead atoms. The highest BCUT2D eigenvalue weighted by Gasteiger charge is 2.15. The standard InChI is InChI=1S/C16H12Cl4N2O2/c1-8(23)21-14-12(17)6-5-11(13(14)18)9-3-2-4-10(7-9)22-16(24)15(19)20/h2-7,15H,1H3,(H,21,23)(H,22,24). The molecule has 0 saturated heterocycles. The van der Waals surface area contributed by atoms with Gasteiger partial charge in [-0.1, -0.05) is 64.6 Å². The molecule has 0 unspecified atom stereocenters. The van der Waals surface area contributed by atoms with Gasteiger partial charge in [0, 0.05) is 18.2 Å². The van der Waals surface area contributed by atoms with Gasteiger partial charge in [-0.25, -0.2) is 0 Å². The fourth-order valence-electron chi connectivity index (χ4n) is 2.03. The summed E-state index contributed by atoms with van der Waals surface area (Å²) >= 11 is 23.5. The predicted octanol–water partition coefficient (Wildman–Crippen LogP) is 5.36. The summed E-state index contributed by atoms with van der Waals surface area (Å²) in [6.07, 6.45) is 0. The molecule has 0 aliphatic carbocycles. The van der Waals surface area contributed by atoms with E-state index in [-0.39, 0.29) is 5.91 Å². The zero-order valence-corrected chi connectivity index (χ0v) is 15.4. The average molecular weight is 406 g/mol. The molecule has 2 aromatic rings. The van der Waals surface area contributed by atoms with Crippen LogP contribution in [0.1, 0.15) is 6.92 Å². The molecule has 0 fully saturated rings. The number of alkyl halides is 2. The maximum atomic E-state index is 11.6. The molecule has 0 aliphatic rings. The van der Waals surface area contributed by atoms with Crippen molar-refractivity contribution in [1.29, 1.82) is 0 Å². The van der Waals surface area contributed by atoms with Crippen LogP contribution in [-0.4, -0.2) is 16.7 Å². The molecule has 0 saturated carbocycles. The first-order chi connectivity index (χ1) is 11.3. The number of hydrogen-bond donors (Lipinski definition) is 2. The van der Waals surface area contributed by atoms with Gasteiger partial charge in [-0.3, -0.25) is 9.59 Å². The summed E-state index contributed by atoms with van der Waals surface area (Å²) in [6.45, 7) is 1.37. The minimum absolute atomic E-state index is 0.285. The molecule has 0 spiro atoms. The molecule has 0 aromatic heterocycles. The second kappa shape index (κ2) is 8.08. The second-order valence-electron chi connectivity index (χ2n) is 4.84. The molecule has 2 aromatic carbocycles. The first-order valence-electron chi connectivity index (χ1n) is 6.74. The van der Waals surface area contributed by atoms with E-state index in [1.165, 1.54) is 6.92 Å². The van der Waals surface area contributed by atoms with Crippen molar-refractivity contribution in [2.45, 2.75) is 11.8 Å². The Balaban J connectivity index is 2.42. The number of hydrogen-bond acceptors (Lipinski definition) is 2. The van der Waals surface area contributed by atoms with Crippen LogP contribution in [0.3, 0.4) is 0 Å². The van der Waals surface area contributed by atoms with E-state index in [2.05, 4.69) is 10.6 Å². The zero-order valence-electron chi connectivity index (χ0n) is 12.4. The summed E-state index contributed by atoms with van der Waals surface area (Å²) in [4.78, 5) is 21.7. The van der Waals surface area contributed by atoms with Gasteiger partial charge in [0.1, 0.15) is 0 Å².